The van der Waals surface area contributed by atoms with Crippen LogP contribution < -0.4 is 10.1 Å². The molecule has 1 aliphatic rings. The van der Waals surface area contributed by atoms with Gasteiger partial charge in [0.2, 0.25) is 5.88 Å². The summed E-state index contributed by atoms with van der Waals surface area (Å²) in [6, 6.07) is 8.48. The van der Waals surface area contributed by atoms with Crippen LogP contribution in [0.4, 0.5) is 5.69 Å². The maximum absolute atomic E-state index is 12.6. The molecule has 0 unspecified atom stereocenters. The van der Waals surface area contributed by atoms with Crippen molar-refractivity contribution in [3.8, 4) is 5.88 Å². The maximum atomic E-state index is 12.6. The minimum atomic E-state index is -0.351. The molecule has 2 heterocycles. The zero-order valence-electron chi connectivity index (χ0n) is 14.8. The van der Waals surface area contributed by atoms with Crippen LogP contribution in [-0.4, -0.2) is 29.1 Å². The Morgan fingerprint density at radius 3 is 2.74 bits per heavy atom. The Morgan fingerprint density at radius 2 is 2.07 bits per heavy atom. The fourth-order valence-electron chi connectivity index (χ4n) is 2.67. The van der Waals surface area contributed by atoms with Gasteiger partial charge in [-0.3, -0.25) is 14.4 Å². The Balaban J connectivity index is 1.82. The normalized spacial score (nSPS) is 13.8. The van der Waals surface area contributed by atoms with E-state index in [9.17, 15) is 14.4 Å². The number of carbonyl (C=O) groups excluding carboxylic acids is 3. The summed E-state index contributed by atoms with van der Waals surface area (Å²) in [5.74, 6) is -0.460. The third-order valence-corrected chi connectivity index (χ3v) is 4.15. The Hall–Kier alpha value is -3.54. The summed E-state index contributed by atoms with van der Waals surface area (Å²) in [6.45, 7) is 5.45. The number of rotatable bonds is 7. The molecule has 0 radical (unpaired) electrons. The van der Waals surface area contributed by atoms with Crippen LogP contribution in [0, 0.1) is 0 Å². The molecular weight excluding hydrogens is 344 g/mol. The number of pyridine rings is 1. The minimum Gasteiger partial charge on any atom is -0.470 e. The predicted molar refractivity (Wildman–Crippen MR) is 103 cm³/mol. The summed E-state index contributed by atoms with van der Waals surface area (Å²) in [5.41, 5.74) is 2.69. The minimum absolute atomic E-state index is 0.0365. The molecule has 1 aromatic carbocycles. The van der Waals surface area contributed by atoms with E-state index in [2.05, 4.69) is 16.9 Å². The third-order valence-electron chi connectivity index (χ3n) is 4.15. The summed E-state index contributed by atoms with van der Waals surface area (Å²) in [6.07, 6.45) is 4.69. The van der Waals surface area contributed by atoms with E-state index >= 15 is 0 Å². The maximum Gasteiger partial charge on any atom is 0.256 e. The van der Waals surface area contributed by atoms with E-state index in [0.29, 0.717) is 28.8 Å². The molecule has 0 atom stereocenters. The SMILES string of the molecule is C=Cc1cccc2c1/C(=C\C(=O)c1ccc(OCC(=O)CC)nc1)C(=O)N2. The number of carbonyl (C=O) groups is 3. The van der Waals surface area contributed by atoms with Crippen molar-refractivity contribution in [3.05, 3.63) is 65.9 Å². The number of amides is 1. The largest absolute Gasteiger partial charge is 0.470 e. The van der Waals surface area contributed by atoms with Crippen LogP contribution in [0.2, 0.25) is 0 Å². The van der Waals surface area contributed by atoms with Gasteiger partial charge in [0.05, 0.1) is 5.57 Å². The van der Waals surface area contributed by atoms with Gasteiger partial charge in [-0.25, -0.2) is 4.98 Å². The quantitative estimate of drug-likeness (QED) is 0.603. The lowest BCUT2D eigenvalue weighted by Crippen LogP contribution is -2.10. The first kappa shape index (κ1) is 18.3. The van der Waals surface area contributed by atoms with Crippen molar-refractivity contribution in [1.29, 1.82) is 0 Å². The Bertz CT molecular complexity index is 959. The number of nitrogens with zero attached hydrogens (tertiary/aromatic N) is 1. The number of hydrogen-bond donors (Lipinski definition) is 1. The van der Waals surface area contributed by atoms with Crippen LogP contribution in [-0.2, 0) is 9.59 Å². The van der Waals surface area contributed by atoms with E-state index in [-0.39, 0.29) is 30.0 Å². The third kappa shape index (κ3) is 3.84. The fourth-order valence-corrected chi connectivity index (χ4v) is 2.67. The standard InChI is InChI=1S/C21H18N2O4/c1-3-13-6-5-7-17-20(13)16(21(26)23-17)10-18(25)14-8-9-19(22-11-14)27-12-15(24)4-2/h3,5-11H,1,4,12H2,2H3,(H,23,26)/b16-10+. The van der Waals surface area contributed by atoms with Crippen LogP contribution in [0.15, 0.2) is 49.2 Å². The highest BCUT2D eigenvalue weighted by molar-refractivity contribution is 6.35. The molecule has 6 heteroatoms. The number of ketones is 2. The summed E-state index contributed by atoms with van der Waals surface area (Å²) >= 11 is 0. The molecule has 0 saturated carbocycles. The van der Waals surface area contributed by atoms with E-state index in [1.54, 1.807) is 25.1 Å². The van der Waals surface area contributed by atoms with E-state index in [0.717, 1.165) is 5.56 Å². The average molecular weight is 362 g/mol. The van der Waals surface area contributed by atoms with Crippen LogP contribution in [0.5, 0.6) is 5.88 Å². The van der Waals surface area contributed by atoms with Crippen molar-refractivity contribution in [2.24, 2.45) is 0 Å². The van der Waals surface area contributed by atoms with Gasteiger partial charge in [-0.2, -0.15) is 0 Å². The van der Waals surface area contributed by atoms with Gasteiger partial charge in [0, 0.05) is 35.5 Å². The smallest absolute Gasteiger partial charge is 0.256 e. The van der Waals surface area contributed by atoms with E-state index in [1.165, 1.54) is 18.3 Å². The number of anilines is 1. The molecule has 3 rings (SSSR count). The number of benzene rings is 1. The number of aromatic nitrogens is 1. The van der Waals surface area contributed by atoms with Gasteiger partial charge in [0.25, 0.3) is 5.91 Å². The second-order valence-corrected chi connectivity index (χ2v) is 5.92. The molecule has 0 aliphatic carbocycles. The van der Waals surface area contributed by atoms with Crippen LogP contribution >= 0.6 is 0 Å². The van der Waals surface area contributed by atoms with Gasteiger partial charge in [-0.1, -0.05) is 31.7 Å². The van der Waals surface area contributed by atoms with Crippen molar-refractivity contribution in [2.75, 3.05) is 11.9 Å². The molecule has 2 aromatic rings. The van der Waals surface area contributed by atoms with Crippen molar-refractivity contribution in [1.82, 2.24) is 4.98 Å². The molecule has 136 valence electrons. The molecule has 0 fully saturated rings. The second-order valence-electron chi connectivity index (χ2n) is 5.92. The highest BCUT2D eigenvalue weighted by Gasteiger charge is 2.27. The summed E-state index contributed by atoms with van der Waals surface area (Å²) < 4.78 is 5.26. The Labute approximate surface area is 156 Å². The first-order valence-corrected chi connectivity index (χ1v) is 8.47. The Morgan fingerprint density at radius 1 is 1.26 bits per heavy atom. The van der Waals surface area contributed by atoms with E-state index < -0.39 is 0 Å². The zero-order valence-corrected chi connectivity index (χ0v) is 14.8. The number of Topliss-reactive ketones (excluding diaryl/α,β-unsaturated/α-hetero) is 1. The molecule has 0 saturated heterocycles. The number of fused-ring (bicyclic) bond motifs is 1. The molecule has 0 bridgehead atoms. The lowest BCUT2D eigenvalue weighted by Gasteiger charge is -2.05. The van der Waals surface area contributed by atoms with Crippen molar-refractivity contribution < 1.29 is 19.1 Å². The lowest BCUT2D eigenvalue weighted by atomic mass is 9.98. The average Bonchev–Trinajstić information content (AvgIpc) is 3.01. The number of ether oxygens (including phenoxy) is 1. The summed E-state index contributed by atoms with van der Waals surface area (Å²) in [5, 5.41) is 2.75. The van der Waals surface area contributed by atoms with Crippen LogP contribution in [0.1, 0.15) is 34.8 Å². The van der Waals surface area contributed by atoms with Gasteiger partial charge >= 0.3 is 0 Å². The number of allylic oxidation sites excluding steroid dienone is 1. The predicted octanol–water partition coefficient (Wildman–Crippen LogP) is 3.30. The van der Waals surface area contributed by atoms with Gasteiger partial charge in [-0.15, -0.1) is 0 Å². The molecular formula is C21H18N2O4. The highest BCUT2D eigenvalue weighted by Crippen LogP contribution is 2.35. The van der Waals surface area contributed by atoms with E-state index in [1.807, 2.05) is 12.1 Å². The molecule has 1 N–H and O–H groups in total. The fraction of sp³-hybridized carbons (Fsp3) is 0.143. The molecule has 1 aromatic heterocycles. The van der Waals surface area contributed by atoms with Crippen LogP contribution in [0.3, 0.4) is 0 Å². The summed E-state index contributed by atoms with van der Waals surface area (Å²) in [7, 11) is 0. The molecule has 0 spiro atoms. The zero-order chi connectivity index (χ0) is 19.4. The van der Waals surface area contributed by atoms with Crippen molar-refractivity contribution in [2.45, 2.75) is 13.3 Å². The monoisotopic (exact) mass is 362 g/mol. The molecule has 1 aliphatic heterocycles. The highest BCUT2D eigenvalue weighted by atomic mass is 16.5. The molecule has 1 amide bonds. The van der Waals surface area contributed by atoms with Crippen molar-refractivity contribution in [3.63, 3.8) is 0 Å². The number of hydrogen-bond acceptors (Lipinski definition) is 5. The second kappa shape index (κ2) is 7.78. The molecule has 27 heavy (non-hydrogen) atoms. The van der Waals surface area contributed by atoms with Gasteiger partial charge in [0.1, 0.15) is 6.61 Å². The molecule has 6 nitrogen and oxygen atoms in total. The topological polar surface area (TPSA) is 85.4 Å². The first-order valence-electron chi connectivity index (χ1n) is 8.47. The van der Waals surface area contributed by atoms with Gasteiger partial charge in [0.15, 0.2) is 11.6 Å². The number of nitrogens with one attached hydrogen (secondary N) is 1. The first-order chi connectivity index (χ1) is 13.0. The van der Waals surface area contributed by atoms with E-state index in [4.69, 9.17) is 4.74 Å². The van der Waals surface area contributed by atoms with Gasteiger partial charge in [-0.05, 0) is 23.8 Å². The van der Waals surface area contributed by atoms with Crippen LogP contribution in [0.25, 0.3) is 11.6 Å². The summed E-state index contributed by atoms with van der Waals surface area (Å²) in [4.78, 5) is 40.1. The Kier molecular flexibility index (Phi) is 5.26. The van der Waals surface area contributed by atoms with Gasteiger partial charge < -0.3 is 10.1 Å². The lowest BCUT2D eigenvalue weighted by molar-refractivity contribution is -0.120. The van der Waals surface area contributed by atoms with Crippen molar-refractivity contribution >= 4 is 34.8 Å².